The van der Waals surface area contributed by atoms with Gasteiger partial charge in [-0.25, -0.2) is 4.79 Å². The van der Waals surface area contributed by atoms with Gasteiger partial charge in [-0.05, 0) is 63.6 Å². The molecule has 17 atom stereocenters. The Bertz CT molecular complexity index is 2860. The van der Waals surface area contributed by atoms with Crippen molar-refractivity contribution in [3.8, 4) is 0 Å². The first-order valence-corrected chi connectivity index (χ1v) is 28.0. The van der Waals surface area contributed by atoms with Gasteiger partial charge in [0.2, 0.25) is 0 Å². The monoisotopic (exact) mass is 1130 g/mol. The van der Waals surface area contributed by atoms with E-state index < -0.39 is 127 Å². The Kier molecular flexibility index (Phi) is 18.3. The first-order valence-electron chi connectivity index (χ1n) is 28.0. The van der Waals surface area contributed by atoms with Crippen molar-refractivity contribution in [2.75, 3.05) is 19.8 Å². The fourth-order valence-electron chi connectivity index (χ4n) is 10.9. The minimum absolute atomic E-state index is 0.0155. The van der Waals surface area contributed by atoms with E-state index in [0.29, 0.717) is 19.3 Å². The highest BCUT2D eigenvalue weighted by Crippen LogP contribution is 2.43. The molecule has 6 fully saturated rings. The number of nitrogens with zero attached hydrogens (tertiary/aromatic N) is 1. The van der Waals surface area contributed by atoms with Crippen LogP contribution in [0, 0.1) is 15.5 Å². The third kappa shape index (κ3) is 13.5. The third-order valence-corrected chi connectivity index (χ3v) is 15.2. The highest BCUT2D eigenvalue weighted by atomic mass is 16.8. The van der Waals surface area contributed by atoms with E-state index in [1.807, 2.05) is 121 Å². The van der Waals surface area contributed by atoms with Gasteiger partial charge in [0.1, 0.15) is 48.8 Å². The lowest BCUT2D eigenvalue weighted by molar-refractivity contribution is -0.401. The fraction of sp³-hybridized carbons (Fsp3) is 0.484. The zero-order valence-corrected chi connectivity index (χ0v) is 46.0. The summed E-state index contributed by atoms with van der Waals surface area (Å²) in [5.74, 6) is -0.569. The predicted octanol–water partition coefficient (Wildman–Crippen LogP) is 9.16. The average Bonchev–Trinajstić information content (AvgIpc) is 3.71. The lowest BCUT2D eigenvalue weighted by atomic mass is 9.94. The van der Waals surface area contributed by atoms with Crippen LogP contribution in [0.1, 0.15) is 80.9 Å². The van der Waals surface area contributed by atoms with Crippen molar-refractivity contribution < 1.29 is 85.6 Å². The standard InChI is InChI=1S/C62H69NO19/c1-37-46(76-58-52(70-34-40-22-11-6-12-23-40)49(69-33-39-20-9-5-10-21-39)47-44(75-58)35-71-55(77-47)41-24-13-7-14-25-41)50-54(82-61(65)81-50)59(73-37)79-51-48-45(36-72-56(78-48)42-26-15-8-16-27-42)74-57(53(51)80-60(64)62(2,3)4)68-32-18-17-19-38-28-30-43(31-29-38)63(66)67/h5-16,20-31,37,44-59H,17-19,32-36H2,1-4H3/t37-,44+,45+,46-,47+,48-,49-,50+,51-,52-,53+,54+,55+,56-,57+,58+,59-/m0/s1. The van der Waals surface area contributed by atoms with Gasteiger partial charge in [0.25, 0.3) is 5.69 Å². The Balaban J connectivity index is 0.865. The number of fused-ring (bicyclic) bond motifs is 3. The minimum atomic E-state index is -1.35. The Labute approximate surface area is 475 Å². The molecule has 20 heteroatoms. The molecule has 0 spiro atoms. The molecule has 6 aliphatic rings. The van der Waals surface area contributed by atoms with Crippen molar-refractivity contribution in [1.82, 2.24) is 0 Å². The third-order valence-electron chi connectivity index (χ3n) is 15.2. The second-order valence-corrected chi connectivity index (χ2v) is 22.2. The second-order valence-electron chi connectivity index (χ2n) is 22.2. The molecule has 5 aromatic carbocycles. The van der Waals surface area contributed by atoms with Crippen LogP contribution in [0.5, 0.6) is 0 Å². The summed E-state index contributed by atoms with van der Waals surface area (Å²) >= 11 is 0. The number of carbonyl (C=O) groups excluding carboxylic acids is 2. The molecule has 0 amide bonds. The smallest absolute Gasteiger partial charge is 0.454 e. The Hall–Kier alpha value is -6.24. The number of carbonyl (C=O) groups is 2. The molecule has 0 saturated carbocycles. The molecule has 0 bridgehead atoms. The summed E-state index contributed by atoms with van der Waals surface area (Å²) in [6, 6.07) is 44.9. The van der Waals surface area contributed by atoms with Crippen molar-refractivity contribution >= 4 is 17.8 Å². The van der Waals surface area contributed by atoms with Gasteiger partial charge >= 0.3 is 12.1 Å². The van der Waals surface area contributed by atoms with Gasteiger partial charge in [-0.2, -0.15) is 0 Å². The lowest BCUT2D eigenvalue weighted by Gasteiger charge is -2.51. The van der Waals surface area contributed by atoms with Gasteiger partial charge in [0, 0.05) is 29.9 Å². The topological polar surface area (TPSA) is 216 Å². The van der Waals surface area contributed by atoms with Crippen LogP contribution in [-0.4, -0.2) is 129 Å². The molecule has 6 aliphatic heterocycles. The first-order chi connectivity index (χ1) is 39.8. The molecule has 82 heavy (non-hydrogen) atoms. The maximum atomic E-state index is 14.0. The number of benzene rings is 5. The Morgan fingerprint density at radius 1 is 0.549 bits per heavy atom. The van der Waals surface area contributed by atoms with Crippen molar-refractivity contribution in [2.24, 2.45) is 5.41 Å². The Morgan fingerprint density at radius 3 is 1.65 bits per heavy atom. The molecule has 0 unspecified atom stereocenters. The average molecular weight is 1130 g/mol. The summed E-state index contributed by atoms with van der Waals surface area (Å²) in [6.07, 6.45) is -16.0. The second kappa shape index (κ2) is 26.1. The summed E-state index contributed by atoms with van der Waals surface area (Å²) in [4.78, 5) is 38.4. The van der Waals surface area contributed by atoms with Gasteiger partial charge < -0.3 is 71.1 Å². The van der Waals surface area contributed by atoms with Crippen LogP contribution in [-0.2, 0) is 95.5 Å². The largest absolute Gasteiger partial charge is 0.509 e. The molecule has 5 aromatic rings. The molecule has 0 radical (unpaired) electrons. The van der Waals surface area contributed by atoms with Gasteiger partial charge in [-0.1, -0.05) is 133 Å². The number of unbranched alkanes of at least 4 members (excludes halogenated alkanes) is 1. The number of ether oxygens (including phenoxy) is 15. The van der Waals surface area contributed by atoms with E-state index in [1.54, 1.807) is 39.8 Å². The van der Waals surface area contributed by atoms with Crippen LogP contribution in [0.3, 0.4) is 0 Å². The van der Waals surface area contributed by atoms with E-state index in [0.717, 1.165) is 27.8 Å². The zero-order valence-electron chi connectivity index (χ0n) is 46.0. The maximum absolute atomic E-state index is 14.0. The highest BCUT2D eigenvalue weighted by Gasteiger charge is 2.61. The van der Waals surface area contributed by atoms with Crippen molar-refractivity contribution in [3.63, 3.8) is 0 Å². The number of nitro groups is 1. The molecule has 0 aromatic heterocycles. The number of nitro benzene ring substituents is 1. The van der Waals surface area contributed by atoms with Gasteiger partial charge in [-0.3, -0.25) is 14.9 Å². The molecular formula is C62H69NO19. The highest BCUT2D eigenvalue weighted by molar-refractivity contribution is 5.75. The summed E-state index contributed by atoms with van der Waals surface area (Å²) in [7, 11) is 0. The van der Waals surface area contributed by atoms with Gasteiger partial charge in [-0.15, -0.1) is 0 Å². The summed E-state index contributed by atoms with van der Waals surface area (Å²) in [6.45, 7) is 7.67. The molecule has 0 N–H and O–H groups in total. The minimum Gasteiger partial charge on any atom is -0.454 e. The molecule has 20 nitrogen and oxygen atoms in total. The first kappa shape index (κ1) is 57.6. The van der Waals surface area contributed by atoms with Crippen molar-refractivity contribution in [2.45, 2.75) is 165 Å². The van der Waals surface area contributed by atoms with Crippen LogP contribution < -0.4 is 0 Å². The quantitative estimate of drug-likeness (QED) is 0.0307. The van der Waals surface area contributed by atoms with E-state index in [4.69, 9.17) is 71.1 Å². The van der Waals surface area contributed by atoms with Crippen LogP contribution >= 0.6 is 0 Å². The van der Waals surface area contributed by atoms with E-state index in [1.165, 1.54) is 12.1 Å². The van der Waals surface area contributed by atoms with E-state index in [-0.39, 0.29) is 38.7 Å². The number of rotatable bonds is 20. The molecular weight excluding hydrogens is 1060 g/mol. The number of non-ortho nitro benzene ring substituents is 1. The molecule has 11 rings (SSSR count). The van der Waals surface area contributed by atoms with Crippen molar-refractivity contribution in [1.29, 1.82) is 0 Å². The van der Waals surface area contributed by atoms with Gasteiger partial charge in [0.15, 0.2) is 49.8 Å². The number of hydrogen-bond acceptors (Lipinski definition) is 19. The molecule has 6 saturated heterocycles. The van der Waals surface area contributed by atoms with Crippen LogP contribution in [0.2, 0.25) is 0 Å². The Morgan fingerprint density at radius 2 is 1.07 bits per heavy atom. The van der Waals surface area contributed by atoms with Crippen LogP contribution in [0.15, 0.2) is 146 Å². The number of esters is 1. The van der Waals surface area contributed by atoms with E-state index in [2.05, 4.69) is 0 Å². The van der Waals surface area contributed by atoms with Crippen molar-refractivity contribution in [3.05, 3.63) is 184 Å². The summed E-state index contributed by atoms with van der Waals surface area (Å²) < 4.78 is 98.8. The maximum Gasteiger partial charge on any atom is 0.509 e. The molecule has 6 heterocycles. The normalized spacial score (nSPS) is 32.5. The summed E-state index contributed by atoms with van der Waals surface area (Å²) in [5.41, 5.74) is 3.35. The number of hydrogen-bond donors (Lipinski definition) is 0. The SMILES string of the molecule is C[C@@H]1O[C@@H](O[C@H]2[C@H]3O[C@@H](c4ccccc4)OC[C@H]3O[C@@H](OCCCCc3ccc([N+](=O)[O-])cc3)[C@@H]2OC(=O)C(C)(C)C)[C@@H]2OC(=O)O[C@@H]2[C@H]1O[C@H]1O[C@@H]2CO[C@@H](c3ccccc3)O[C@H]2[C@H](OCc2ccccc2)[C@@H]1OCc1ccccc1. The van der Waals surface area contributed by atoms with Gasteiger partial charge in [0.05, 0.1) is 42.9 Å². The zero-order chi connectivity index (χ0) is 56.7. The predicted molar refractivity (Wildman–Crippen MR) is 288 cm³/mol. The molecule has 436 valence electrons. The number of aryl methyl sites for hydroxylation is 1. The molecule has 0 aliphatic carbocycles. The lowest BCUT2D eigenvalue weighted by Crippen LogP contribution is -2.67. The van der Waals surface area contributed by atoms with E-state index in [9.17, 15) is 19.7 Å². The van der Waals surface area contributed by atoms with Crippen LogP contribution in [0.4, 0.5) is 10.5 Å². The summed E-state index contributed by atoms with van der Waals surface area (Å²) in [5, 5.41) is 11.2. The fourth-order valence-corrected chi connectivity index (χ4v) is 10.9. The van der Waals surface area contributed by atoms with E-state index >= 15 is 0 Å². The van der Waals surface area contributed by atoms with Crippen LogP contribution in [0.25, 0.3) is 0 Å².